The van der Waals surface area contributed by atoms with Gasteiger partial charge in [0.1, 0.15) is 0 Å². The summed E-state index contributed by atoms with van der Waals surface area (Å²) in [5.74, 6) is -0.312. The van der Waals surface area contributed by atoms with Crippen LogP contribution in [0.2, 0.25) is 0 Å². The lowest BCUT2D eigenvalue weighted by molar-refractivity contribution is -0.138. The van der Waals surface area contributed by atoms with Crippen molar-refractivity contribution in [2.45, 2.75) is 13.8 Å². The van der Waals surface area contributed by atoms with E-state index >= 15 is 0 Å². The molecular weight excluding hydrogens is 142 g/mol. The van der Waals surface area contributed by atoms with E-state index in [1.54, 1.807) is 13.8 Å². The van der Waals surface area contributed by atoms with Crippen molar-refractivity contribution in [3.63, 3.8) is 0 Å². The number of hydrogen-bond donors (Lipinski definition) is 1. The van der Waals surface area contributed by atoms with Crippen molar-refractivity contribution in [3.05, 3.63) is 24.9 Å². The van der Waals surface area contributed by atoms with E-state index in [0.29, 0.717) is 12.2 Å². The van der Waals surface area contributed by atoms with E-state index < -0.39 is 0 Å². The molecule has 3 heteroatoms. The van der Waals surface area contributed by atoms with Gasteiger partial charge in [-0.2, -0.15) is 0 Å². The molecule has 0 aromatic heterocycles. The number of carbonyl (C=O) groups excluding carboxylic acids is 1. The van der Waals surface area contributed by atoms with Gasteiger partial charge >= 0.3 is 5.97 Å². The monoisotopic (exact) mass is 157 g/mol. The van der Waals surface area contributed by atoms with E-state index in [2.05, 4.69) is 23.6 Å². The van der Waals surface area contributed by atoms with Crippen LogP contribution in [0.15, 0.2) is 24.9 Å². The van der Waals surface area contributed by atoms with Gasteiger partial charge in [0.15, 0.2) is 0 Å². The van der Waals surface area contributed by atoms with Crippen LogP contribution in [-0.4, -0.2) is 12.6 Å². The largest absolute Gasteiger partial charge is 0.463 e. The molecule has 0 heterocycles. The van der Waals surface area contributed by atoms with Crippen molar-refractivity contribution in [3.8, 4) is 0 Å². The molecule has 0 bridgehead atoms. The summed E-state index contributed by atoms with van der Waals surface area (Å²) in [5.41, 5.74) is 5.06. The first-order valence-electron chi connectivity index (χ1n) is 3.25. The summed E-state index contributed by atoms with van der Waals surface area (Å²) >= 11 is 0. The third-order valence-corrected chi connectivity index (χ3v) is 0.624. The summed E-state index contributed by atoms with van der Waals surface area (Å²) in [5, 5.41) is 0. The van der Waals surface area contributed by atoms with Crippen molar-refractivity contribution in [1.82, 2.24) is 0 Å². The molecule has 0 aliphatic carbocycles. The van der Waals surface area contributed by atoms with E-state index in [-0.39, 0.29) is 5.97 Å². The van der Waals surface area contributed by atoms with Crippen LogP contribution in [-0.2, 0) is 9.53 Å². The van der Waals surface area contributed by atoms with Crippen LogP contribution in [0, 0.1) is 0 Å². The van der Waals surface area contributed by atoms with Gasteiger partial charge in [0.25, 0.3) is 0 Å². The molecule has 0 rings (SSSR count). The van der Waals surface area contributed by atoms with Gasteiger partial charge in [-0.15, -0.1) is 0 Å². The van der Waals surface area contributed by atoms with Crippen LogP contribution in [0.5, 0.6) is 0 Å². The average molecular weight is 157 g/mol. The highest BCUT2D eigenvalue weighted by molar-refractivity contribution is 5.86. The molecule has 3 nitrogen and oxygen atoms in total. The van der Waals surface area contributed by atoms with Crippen LogP contribution in [0.1, 0.15) is 13.8 Å². The zero-order valence-corrected chi connectivity index (χ0v) is 7.09. The maximum Gasteiger partial charge on any atom is 0.333 e. The lowest BCUT2D eigenvalue weighted by atomic mass is 10.4. The van der Waals surface area contributed by atoms with Crippen LogP contribution in [0.25, 0.3) is 0 Å². The molecule has 2 N–H and O–H groups in total. The second-order valence-corrected chi connectivity index (χ2v) is 1.74. The number of carbonyl (C=O) groups is 1. The molecular formula is C8H15NO2. The quantitative estimate of drug-likeness (QED) is 0.484. The zero-order valence-electron chi connectivity index (χ0n) is 7.09. The minimum absolute atomic E-state index is 0.312. The molecule has 0 fully saturated rings. The molecule has 0 amide bonds. The Morgan fingerprint density at radius 3 is 2.18 bits per heavy atom. The highest BCUT2D eigenvalue weighted by Gasteiger charge is 1.98. The van der Waals surface area contributed by atoms with Gasteiger partial charge in [0.05, 0.1) is 6.61 Å². The third kappa shape index (κ3) is 12.1. The van der Waals surface area contributed by atoms with Crippen LogP contribution in [0.3, 0.4) is 0 Å². The first kappa shape index (κ1) is 12.4. The topological polar surface area (TPSA) is 52.3 Å². The van der Waals surface area contributed by atoms with Crippen molar-refractivity contribution >= 4 is 5.97 Å². The molecule has 0 atom stereocenters. The Morgan fingerprint density at radius 1 is 1.73 bits per heavy atom. The number of rotatable bonds is 2. The molecule has 64 valence electrons. The number of esters is 1. The van der Waals surface area contributed by atoms with Crippen molar-refractivity contribution in [2.75, 3.05) is 6.61 Å². The molecule has 0 radical (unpaired) electrons. The fraction of sp³-hybridized carbons (Fsp3) is 0.375. The predicted octanol–water partition coefficient (Wildman–Crippen LogP) is 1.21. The number of nitrogens with two attached hydrogens (primary N) is 1. The molecule has 0 aliphatic rings. The number of ether oxygens (including phenoxy) is 1. The van der Waals surface area contributed by atoms with E-state index in [4.69, 9.17) is 0 Å². The maximum atomic E-state index is 10.4. The minimum atomic E-state index is -0.312. The summed E-state index contributed by atoms with van der Waals surface area (Å²) in [4.78, 5) is 10.4. The van der Waals surface area contributed by atoms with Gasteiger partial charge in [0.2, 0.25) is 0 Å². The Balaban J connectivity index is 0. The predicted molar refractivity (Wildman–Crippen MR) is 45.8 cm³/mol. The summed E-state index contributed by atoms with van der Waals surface area (Å²) in [6.07, 6.45) is 1.25. The zero-order chi connectivity index (χ0) is 9.28. The summed E-state index contributed by atoms with van der Waals surface area (Å²) < 4.78 is 4.56. The fourth-order valence-corrected chi connectivity index (χ4v) is 0.254. The highest BCUT2D eigenvalue weighted by Crippen LogP contribution is 1.89. The van der Waals surface area contributed by atoms with Crippen LogP contribution in [0.4, 0.5) is 0 Å². The first-order chi connectivity index (χ1) is 5.09. The van der Waals surface area contributed by atoms with Crippen LogP contribution >= 0.6 is 0 Å². The van der Waals surface area contributed by atoms with Crippen molar-refractivity contribution in [2.24, 2.45) is 5.73 Å². The molecule has 11 heavy (non-hydrogen) atoms. The lowest BCUT2D eigenvalue weighted by Gasteiger charge is -1.96. The standard InChI is InChI=1S/C6H10O2.C2H5N/c1-4-8-6(7)5(2)3;1-2-3/h2,4H2,1,3H3;2H,1,3H2. The van der Waals surface area contributed by atoms with Crippen molar-refractivity contribution in [1.29, 1.82) is 0 Å². The van der Waals surface area contributed by atoms with E-state index in [0.717, 1.165) is 0 Å². The Bertz CT molecular complexity index is 141. The van der Waals surface area contributed by atoms with E-state index in [9.17, 15) is 4.79 Å². The molecule has 0 spiro atoms. The van der Waals surface area contributed by atoms with Crippen LogP contribution < -0.4 is 5.73 Å². The molecule has 0 saturated heterocycles. The Morgan fingerprint density at radius 2 is 2.09 bits per heavy atom. The first-order valence-corrected chi connectivity index (χ1v) is 3.25. The second kappa shape index (κ2) is 8.75. The Labute approximate surface area is 67.5 Å². The Kier molecular flexibility index (Phi) is 9.89. The van der Waals surface area contributed by atoms with E-state index in [1.165, 1.54) is 6.20 Å². The molecule has 0 aromatic rings. The summed E-state index contributed by atoms with van der Waals surface area (Å²) in [7, 11) is 0. The molecule has 0 aromatic carbocycles. The van der Waals surface area contributed by atoms with Gasteiger partial charge in [-0.25, -0.2) is 4.79 Å². The molecule has 0 unspecified atom stereocenters. The second-order valence-electron chi connectivity index (χ2n) is 1.74. The highest BCUT2D eigenvalue weighted by atomic mass is 16.5. The third-order valence-electron chi connectivity index (χ3n) is 0.624. The average Bonchev–Trinajstić information content (AvgIpc) is 1.90. The van der Waals surface area contributed by atoms with E-state index in [1.807, 2.05) is 0 Å². The van der Waals surface area contributed by atoms with Crippen molar-refractivity contribution < 1.29 is 9.53 Å². The SMILES string of the molecule is C=C(C)C(=O)OCC.C=CN. The van der Waals surface area contributed by atoms with Gasteiger partial charge in [-0.1, -0.05) is 13.2 Å². The summed E-state index contributed by atoms with van der Waals surface area (Å²) in [6.45, 7) is 10.3. The van der Waals surface area contributed by atoms with Gasteiger partial charge < -0.3 is 10.5 Å². The fourth-order valence-electron chi connectivity index (χ4n) is 0.254. The van der Waals surface area contributed by atoms with Gasteiger partial charge in [-0.3, -0.25) is 0 Å². The van der Waals surface area contributed by atoms with Gasteiger partial charge in [0, 0.05) is 5.57 Å². The summed E-state index contributed by atoms with van der Waals surface area (Å²) in [6, 6.07) is 0. The molecule has 0 aliphatic heterocycles. The normalized spacial score (nSPS) is 7.09. The maximum absolute atomic E-state index is 10.4. The smallest absolute Gasteiger partial charge is 0.333 e. The Hall–Kier alpha value is -1.25. The number of hydrogen-bond acceptors (Lipinski definition) is 3. The molecule has 0 saturated carbocycles. The minimum Gasteiger partial charge on any atom is -0.463 e. The lowest BCUT2D eigenvalue weighted by Crippen LogP contribution is -2.03. The van der Waals surface area contributed by atoms with Gasteiger partial charge in [-0.05, 0) is 20.0 Å².